The van der Waals surface area contributed by atoms with Gasteiger partial charge in [0.1, 0.15) is 0 Å². The molecule has 1 rings (SSSR count). The van der Waals surface area contributed by atoms with Crippen molar-refractivity contribution in [2.75, 3.05) is 5.75 Å². The van der Waals surface area contributed by atoms with Crippen LogP contribution in [0.25, 0.3) is 0 Å². The van der Waals surface area contributed by atoms with Gasteiger partial charge in [0, 0.05) is 5.75 Å². The van der Waals surface area contributed by atoms with Crippen LogP contribution in [0.2, 0.25) is 0 Å². The molecule has 0 unspecified atom stereocenters. The summed E-state index contributed by atoms with van der Waals surface area (Å²) in [5.74, 6) is 2.43. The van der Waals surface area contributed by atoms with Crippen molar-refractivity contribution in [3.8, 4) is 0 Å². The van der Waals surface area contributed by atoms with Crippen LogP contribution in [0, 0.1) is 0 Å². The molecule has 1 aromatic rings. The molecular formula is C10H14S. The zero-order valence-electron chi connectivity index (χ0n) is 6.92. The molecule has 1 aromatic carbocycles. The maximum atomic E-state index is 2.22. The minimum absolute atomic E-state index is 1.16. The van der Waals surface area contributed by atoms with E-state index < -0.39 is 0 Å². The standard InChI is InChI=1S/C10H14S/c1-2-8-11-9-10-6-4-3-5-7-10/h3-7H,2,8-9H2,1H3. The van der Waals surface area contributed by atoms with Crippen molar-refractivity contribution in [2.24, 2.45) is 0 Å². The van der Waals surface area contributed by atoms with Crippen LogP contribution >= 0.6 is 11.8 Å². The molecule has 0 aliphatic heterocycles. The topological polar surface area (TPSA) is 0 Å². The highest BCUT2D eigenvalue weighted by Crippen LogP contribution is 2.11. The first kappa shape index (κ1) is 8.66. The Morgan fingerprint density at radius 2 is 1.91 bits per heavy atom. The van der Waals surface area contributed by atoms with Gasteiger partial charge < -0.3 is 0 Å². The molecule has 1 heteroatoms. The van der Waals surface area contributed by atoms with Gasteiger partial charge in [0.25, 0.3) is 0 Å². The second-order valence-electron chi connectivity index (χ2n) is 2.54. The van der Waals surface area contributed by atoms with E-state index in [0.29, 0.717) is 0 Å². The molecule has 0 heterocycles. The third-order valence-electron chi connectivity index (χ3n) is 1.46. The van der Waals surface area contributed by atoms with Crippen molar-refractivity contribution < 1.29 is 0 Å². The first-order valence-corrected chi connectivity index (χ1v) is 5.20. The van der Waals surface area contributed by atoms with Gasteiger partial charge >= 0.3 is 0 Å². The Morgan fingerprint density at radius 1 is 1.18 bits per heavy atom. The highest BCUT2D eigenvalue weighted by Gasteiger charge is 1.89. The smallest absolute Gasteiger partial charge is 0.0184 e. The summed E-state index contributed by atoms with van der Waals surface area (Å²) in [4.78, 5) is 0. The quantitative estimate of drug-likeness (QED) is 0.618. The van der Waals surface area contributed by atoms with E-state index >= 15 is 0 Å². The molecule has 0 bridgehead atoms. The van der Waals surface area contributed by atoms with Gasteiger partial charge in [-0.2, -0.15) is 11.8 Å². The SMILES string of the molecule is CCCSCc1ccccc1. The summed E-state index contributed by atoms with van der Waals surface area (Å²) < 4.78 is 0. The molecule has 11 heavy (non-hydrogen) atoms. The molecule has 0 aromatic heterocycles. The number of rotatable bonds is 4. The van der Waals surface area contributed by atoms with Gasteiger partial charge in [-0.05, 0) is 17.7 Å². The fraction of sp³-hybridized carbons (Fsp3) is 0.400. The number of hydrogen-bond donors (Lipinski definition) is 0. The number of thioether (sulfide) groups is 1. The van der Waals surface area contributed by atoms with Gasteiger partial charge in [-0.25, -0.2) is 0 Å². The van der Waals surface area contributed by atoms with Gasteiger partial charge in [0.05, 0.1) is 0 Å². The van der Waals surface area contributed by atoms with Gasteiger partial charge in [-0.1, -0.05) is 37.3 Å². The van der Waals surface area contributed by atoms with Crippen molar-refractivity contribution in [1.29, 1.82) is 0 Å². The van der Waals surface area contributed by atoms with Crippen LogP contribution in [0.1, 0.15) is 18.9 Å². The minimum atomic E-state index is 1.16. The first-order valence-electron chi connectivity index (χ1n) is 4.05. The third-order valence-corrected chi connectivity index (χ3v) is 2.69. The lowest BCUT2D eigenvalue weighted by Crippen LogP contribution is -1.80. The lowest BCUT2D eigenvalue weighted by molar-refractivity contribution is 1.10. The molecule has 0 spiro atoms. The van der Waals surface area contributed by atoms with Crippen molar-refractivity contribution in [2.45, 2.75) is 19.1 Å². The van der Waals surface area contributed by atoms with E-state index in [0.717, 1.165) is 5.75 Å². The summed E-state index contributed by atoms with van der Waals surface area (Å²) in [7, 11) is 0. The number of hydrogen-bond acceptors (Lipinski definition) is 1. The van der Waals surface area contributed by atoms with Crippen LogP contribution in [0.15, 0.2) is 30.3 Å². The van der Waals surface area contributed by atoms with Crippen molar-refractivity contribution in [3.05, 3.63) is 35.9 Å². The number of benzene rings is 1. The van der Waals surface area contributed by atoms with E-state index in [1.165, 1.54) is 17.7 Å². The maximum Gasteiger partial charge on any atom is 0.0184 e. The summed E-state index contributed by atoms with van der Waals surface area (Å²) in [6.45, 7) is 2.22. The molecule has 0 aliphatic rings. The van der Waals surface area contributed by atoms with E-state index in [-0.39, 0.29) is 0 Å². The largest absolute Gasteiger partial charge is 0.157 e. The fourth-order valence-corrected chi connectivity index (χ4v) is 1.77. The average Bonchev–Trinajstić information content (AvgIpc) is 2.07. The molecule has 0 saturated heterocycles. The predicted molar refractivity (Wildman–Crippen MR) is 52.9 cm³/mol. The van der Waals surface area contributed by atoms with Gasteiger partial charge in [-0.3, -0.25) is 0 Å². The fourth-order valence-electron chi connectivity index (χ4n) is 0.909. The Labute approximate surface area is 73.0 Å². The second-order valence-corrected chi connectivity index (χ2v) is 3.64. The van der Waals surface area contributed by atoms with Crippen LogP contribution in [-0.2, 0) is 5.75 Å². The molecule has 0 atom stereocenters. The normalized spacial score (nSPS) is 9.91. The Morgan fingerprint density at radius 3 is 2.55 bits per heavy atom. The highest BCUT2D eigenvalue weighted by molar-refractivity contribution is 7.98. The van der Waals surface area contributed by atoms with Crippen LogP contribution in [0.5, 0.6) is 0 Å². The third kappa shape index (κ3) is 3.47. The van der Waals surface area contributed by atoms with Gasteiger partial charge in [-0.15, -0.1) is 0 Å². The van der Waals surface area contributed by atoms with Crippen LogP contribution in [0.4, 0.5) is 0 Å². The average molecular weight is 166 g/mol. The molecule has 0 radical (unpaired) electrons. The van der Waals surface area contributed by atoms with E-state index in [1.54, 1.807) is 0 Å². The van der Waals surface area contributed by atoms with E-state index in [4.69, 9.17) is 0 Å². The lowest BCUT2D eigenvalue weighted by Gasteiger charge is -1.98. The summed E-state index contributed by atoms with van der Waals surface area (Å²) >= 11 is 2.01. The molecule has 60 valence electrons. The summed E-state index contributed by atoms with van der Waals surface area (Å²) in [5, 5.41) is 0. The van der Waals surface area contributed by atoms with Crippen molar-refractivity contribution in [1.82, 2.24) is 0 Å². The Kier molecular flexibility index (Phi) is 4.14. The lowest BCUT2D eigenvalue weighted by atomic mass is 10.2. The van der Waals surface area contributed by atoms with Crippen LogP contribution in [-0.4, -0.2) is 5.75 Å². The van der Waals surface area contributed by atoms with E-state index in [2.05, 4.69) is 37.3 Å². The summed E-state index contributed by atoms with van der Waals surface area (Å²) in [6, 6.07) is 10.6. The van der Waals surface area contributed by atoms with Crippen LogP contribution < -0.4 is 0 Å². The van der Waals surface area contributed by atoms with Crippen molar-refractivity contribution in [3.63, 3.8) is 0 Å². The van der Waals surface area contributed by atoms with Crippen molar-refractivity contribution >= 4 is 11.8 Å². The summed E-state index contributed by atoms with van der Waals surface area (Å²) in [6.07, 6.45) is 1.28. The molecule has 0 aliphatic carbocycles. The van der Waals surface area contributed by atoms with Gasteiger partial charge in [0.15, 0.2) is 0 Å². The molecular weight excluding hydrogens is 152 g/mol. The van der Waals surface area contributed by atoms with E-state index in [1.807, 2.05) is 11.8 Å². The van der Waals surface area contributed by atoms with Crippen LogP contribution in [0.3, 0.4) is 0 Å². The molecule has 0 saturated carbocycles. The Bertz CT molecular complexity index is 181. The molecule has 0 nitrogen and oxygen atoms in total. The Hall–Kier alpha value is -0.430. The highest BCUT2D eigenvalue weighted by atomic mass is 32.2. The second kappa shape index (κ2) is 5.25. The minimum Gasteiger partial charge on any atom is -0.157 e. The first-order chi connectivity index (χ1) is 5.43. The summed E-state index contributed by atoms with van der Waals surface area (Å²) in [5.41, 5.74) is 1.44. The monoisotopic (exact) mass is 166 g/mol. The molecule has 0 N–H and O–H groups in total. The molecule has 0 fully saturated rings. The molecule has 0 amide bonds. The van der Waals surface area contributed by atoms with Gasteiger partial charge in [0.2, 0.25) is 0 Å². The predicted octanol–water partition coefficient (Wildman–Crippen LogP) is 3.33. The maximum absolute atomic E-state index is 2.22. The zero-order chi connectivity index (χ0) is 7.94. The Balaban J connectivity index is 2.28. The van der Waals surface area contributed by atoms with E-state index in [9.17, 15) is 0 Å². The zero-order valence-corrected chi connectivity index (χ0v) is 7.73.